The molecule has 0 fully saturated rings. The monoisotopic (exact) mass is 157 g/mol. The van der Waals surface area contributed by atoms with E-state index in [0.717, 1.165) is 0 Å². The summed E-state index contributed by atoms with van der Waals surface area (Å²) < 4.78 is 1.23. The topological polar surface area (TPSA) is 42.2 Å². The third kappa shape index (κ3) is 1.17. The van der Waals surface area contributed by atoms with Crippen LogP contribution in [-0.2, 0) is 0 Å². The molecule has 10 heavy (non-hydrogen) atoms. The molecule has 54 valence electrons. The van der Waals surface area contributed by atoms with Gasteiger partial charge in [-0.1, -0.05) is 18.1 Å². The smallest absolute Gasteiger partial charge is 0.263 e. The average Bonchev–Trinajstić information content (AvgIpc) is 2.34. The van der Waals surface area contributed by atoms with Gasteiger partial charge in [0.05, 0.1) is 0 Å². The van der Waals surface area contributed by atoms with Gasteiger partial charge in [0, 0.05) is 11.4 Å². The molecule has 3 nitrogen and oxygen atoms in total. The largest absolute Gasteiger partial charge is 0.369 e. The Morgan fingerprint density at radius 1 is 1.90 bits per heavy atom. The van der Waals surface area contributed by atoms with E-state index in [0.29, 0.717) is 0 Å². The van der Waals surface area contributed by atoms with Crippen molar-refractivity contribution in [2.24, 2.45) is 0 Å². The van der Waals surface area contributed by atoms with E-state index in [4.69, 9.17) is 5.11 Å². The van der Waals surface area contributed by atoms with Gasteiger partial charge < -0.3 is 5.11 Å². The highest BCUT2D eigenvalue weighted by molar-refractivity contribution is 7.04. The number of aliphatic hydroxyl groups excluding tert-OH is 1. The molecule has 1 rings (SSSR count). The molecule has 0 aliphatic carbocycles. The molecule has 0 saturated carbocycles. The van der Waals surface area contributed by atoms with Crippen LogP contribution in [0.4, 0.5) is 0 Å². The van der Waals surface area contributed by atoms with Crippen molar-refractivity contribution in [3.05, 3.63) is 34.5 Å². The molecule has 4 heteroatoms. The summed E-state index contributed by atoms with van der Waals surface area (Å²) in [5, 5.41) is 10.7. The second kappa shape index (κ2) is 2.81. The van der Waals surface area contributed by atoms with Gasteiger partial charge >= 0.3 is 0 Å². The van der Waals surface area contributed by atoms with Crippen molar-refractivity contribution in [3.63, 3.8) is 0 Å². The summed E-state index contributed by atoms with van der Waals surface area (Å²) in [5.41, 5.74) is -0.197. The van der Waals surface area contributed by atoms with E-state index in [1.165, 1.54) is 27.6 Å². The summed E-state index contributed by atoms with van der Waals surface area (Å²) in [6.07, 6.45) is 0.422. The molecule has 1 aromatic heterocycles. The SMILES string of the molecule is C=CC(O)n1sccc1=O. The second-order valence-electron chi connectivity index (χ2n) is 1.72. The number of aliphatic hydroxyl groups is 1. The normalized spacial score (nSPS) is 12.9. The Morgan fingerprint density at radius 2 is 2.60 bits per heavy atom. The summed E-state index contributed by atoms with van der Waals surface area (Å²) in [4.78, 5) is 10.8. The molecule has 1 aromatic rings. The first-order chi connectivity index (χ1) is 4.75. The molecule has 1 unspecified atom stereocenters. The molecule has 0 saturated heterocycles. The van der Waals surface area contributed by atoms with Gasteiger partial charge in [0.15, 0.2) is 6.23 Å². The van der Waals surface area contributed by atoms with Crippen molar-refractivity contribution < 1.29 is 5.11 Å². The maximum absolute atomic E-state index is 10.8. The molecule has 0 aromatic carbocycles. The second-order valence-corrected chi connectivity index (χ2v) is 2.60. The first-order valence-electron chi connectivity index (χ1n) is 2.73. The van der Waals surface area contributed by atoms with Gasteiger partial charge in [-0.15, -0.1) is 0 Å². The van der Waals surface area contributed by atoms with E-state index in [9.17, 15) is 4.79 Å². The first kappa shape index (κ1) is 7.24. The van der Waals surface area contributed by atoms with Crippen molar-refractivity contribution in [1.29, 1.82) is 0 Å². The fourth-order valence-electron chi connectivity index (χ4n) is 0.568. The van der Waals surface area contributed by atoms with Crippen LogP contribution in [0.15, 0.2) is 28.9 Å². The van der Waals surface area contributed by atoms with Gasteiger partial charge in [-0.25, -0.2) is 3.96 Å². The molecule has 0 bridgehead atoms. The summed E-state index contributed by atoms with van der Waals surface area (Å²) >= 11 is 1.17. The molecule has 0 aliphatic rings. The Hall–Kier alpha value is -0.870. The summed E-state index contributed by atoms with van der Waals surface area (Å²) in [6.45, 7) is 3.35. The van der Waals surface area contributed by atoms with E-state index >= 15 is 0 Å². The average molecular weight is 157 g/mol. The standard InChI is InChI=1S/C6H7NO2S/c1-2-5(8)7-6(9)3-4-10-7/h2-5,8H,1H2. The molecule has 0 radical (unpaired) electrons. The lowest BCUT2D eigenvalue weighted by atomic mass is 10.5. The highest BCUT2D eigenvalue weighted by Crippen LogP contribution is 2.03. The number of nitrogens with zero attached hydrogens (tertiary/aromatic N) is 1. The summed E-state index contributed by atoms with van der Waals surface area (Å²) in [7, 11) is 0. The third-order valence-corrected chi connectivity index (χ3v) is 1.93. The Balaban J connectivity index is 3.04. The molecule has 1 heterocycles. The van der Waals surface area contributed by atoms with E-state index in [2.05, 4.69) is 6.58 Å². The molecule has 0 aliphatic heterocycles. The summed E-state index contributed by atoms with van der Waals surface area (Å²) in [6, 6.07) is 1.40. The van der Waals surface area contributed by atoms with Crippen LogP contribution in [0.25, 0.3) is 0 Å². The predicted octanol–water partition coefficient (Wildman–Crippen LogP) is 0.587. The minimum Gasteiger partial charge on any atom is -0.369 e. The number of aromatic nitrogens is 1. The molecule has 1 N–H and O–H groups in total. The highest BCUT2D eigenvalue weighted by atomic mass is 32.1. The van der Waals surface area contributed by atoms with Crippen LogP contribution < -0.4 is 5.56 Å². The maximum atomic E-state index is 10.8. The van der Waals surface area contributed by atoms with Crippen LogP contribution in [0.5, 0.6) is 0 Å². The van der Waals surface area contributed by atoms with Crippen molar-refractivity contribution in [2.75, 3.05) is 0 Å². The van der Waals surface area contributed by atoms with E-state index in [1.54, 1.807) is 5.38 Å². The Bertz CT molecular complexity index is 275. The van der Waals surface area contributed by atoms with Crippen LogP contribution in [0.3, 0.4) is 0 Å². The van der Waals surface area contributed by atoms with Crippen molar-refractivity contribution >= 4 is 11.5 Å². The van der Waals surface area contributed by atoms with Crippen molar-refractivity contribution in [2.45, 2.75) is 6.23 Å². The van der Waals surface area contributed by atoms with Crippen molar-refractivity contribution in [1.82, 2.24) is 3.96 Å². The summed E-state index contributed by atoms with van der Waals surface area (Å²) in [5.74, 6) is 0. The van der Waals surface area contributed by atoms with Crippen LogP contribution in [0, 0.1) is 0 Å². The zero-order valence-corrected chi connectivity index (χ0v) is 6.04. The third-order valence-electron chi connectivity index (χ3n) is 1.05. The molecule has 0 spiro atoms. The Labute approximate surface area is 62.0 Å². The van der Waals surface area contributed by atoms with Crippen LogP contribution in [0.2, 0.25) is 0 Å². The van der Waals surface area contributed by atoms with Gasteiger partial charge in [-0.05, 0) is 6.08 Å². The zero-order valence-electron chi connectivity index (χ0n) is 5.23. The Morgan fingerprint density at radius 3 is 3.00 bits per heavy atom. The lowest BCUT2D eigenvalue weighted by molar-refractivity contribution is 0.163. The van der Waals surface area contributed by atoms with Crippen LogP contribution in [-0.4, -0.2) is 9.06 Å². The molecule has 1 atom stereocenters. The van der Waals surface area contributed by atoms with Crippen molar-refractivity contribution in [3.8, 4) is 0 Å². The van der Waals surface area contributed by atoms with E-state index < -0.39 is 6.23 Å². The predicted molar refractivity (Wildman–Crippen MR) is 40.0 cm³/mol. The number of hydrogen-bond donors (Lipinski definition) is 1. The highest BCUT2D eigenvalue weighted by Gasteiger charge is 2.02. The Kier molecular flexibility index (Phi) is 2.03. The zero-order chi connectivity index (χ0) is 7.56. The van der Waals surface area contributed by atoms with E-state index in [1.807, 2.05) is 0 Å². The van der Waals surface area contributed by atoms with Gasteiger partial charge in [-0.2, -0.15) is 0 Å². The van der Waals surface area contributed by atoms with Gasteiger partial charge in [-0.3, -0.25) is 4.79 Å². The quantitative estimate of drug-likeness (QED) is 0.638. The maximum Gasteiger partial charge on any atom is 0.263 e. The van der Waals surface area contributed by atoms with Crippen LogP contribution in [0.1, 0.15) is 6.23 Å². The molecule has 0 amide bonds. The van der Waals surface area contributed by atoms with Gasteiger partial charge in [0.2, 0.25) is 0 Å². The van der Waals surface area contributed by atoms with E-state index in [-0.39, 0.29) is 5.56 Å². The minimum absolute atomic E-state index is 0.197. The van der Waals surface area contributed by atoms with Crippen LogP contribution >= 0.6 is 11.5 Å². The lowest BCUT2D eigenvalue weighted by Gasteiger charge is -2.01. The molecular formula is C6H7NO2S. The first-order valence-corrected chi connectivity index (χ1v) is 3.56. The molecular weight excluding hydrogens is 150 g/mol. The lowest BCUT2D eigenvalue weighted by Crippen LogP contribution is -2.15. The van der Waals surface area contributed by atoms with Gasteiger partial charge in [0.25, 0.3) is 5.56 Å². The fourth-order valence-corrected chi connectivity index (χ4v) is 1.25. The minimum atomic E-state index is -0.882. The number of hydrogen-bond acceptors (Lipinski definition) is 3. The fraction of sp³-hybridized carbons (Fsp3) is 0.167. The van der Waals surface area contributed by atoms with Gasteiger partial charge in [0.1, 0.15) is 0 Å². The number of rotatable bonds is 2.